The van der Waals surface area contributed by atoms with E-state index in [0.29, 0.717) is 23.5 Å². The molecule has 5 rings (SSSR count). The molecule has 0 amide bonds. The van der Waals surface area contributed by atoms with E-state index in [9.17, 15) is 8.78 Å². The Morgan fingerprint density at radius 2 is 2.07 bits per heavy atom. The van der Waals surface area contributed by atoms with Crippen molar-refractivity contribution in [3.8, 4) is 5.88 Å². The van der Waals surface area contributed by atoms with Crippen LogP contribution in [0.4, 0.5) is 20.4 Å². The first kappa shape index (κ1) is 17.0. The Morgan fingerprint density at radius 3 is 2.97 bits per heavy atom. The second-order valence-electron chi connectivity index (χ2n) is 6.14. The Labute approximate surface area is 160 Å². The number of benzene rings is 1. The van der Waals surface area contributed by atoms with Crippen molar-refractivity contribution in [2.75, 3.05) is 5.32 Å². The highest BCUT2D eigenvalue weighted by Gasteiger charge is 2.12. The molecule has 0 saturated carbocycles. The van der Waals surface area contributed by atoms with Gasteiger partial charge < -0.3 is 10.1 Å². The SMILES string of the molecule is FC(F)Oc1cc(Nc2cnc3cnn(Cc4cccc5[nH]ncc45)c3n2)n[nH]1. The fourth-order valence-electron chi connectivity index (χ4n) is 3.01. The van der Waals surface area contributed by atoms with Gasteiger partial charge in [-0.15, -0.1) is 0 Å². The maximum absolute atomic E-state index is 12.3. The van der Waals surface area contributed by atoms with Crippen LogP contribution < -0.4 is 10.1 Å². The van der Waals surface area contributed by atoms with Crippen LogP contribution in [0.1, 0.15) is 5.56 Å². The molecule has 0 atom stereocenters. The lowest BCUT2D eigenvalue weighted by Gasteiger charge is -2.06. The highest BCUT2D eigenvalue weighted by Crippen LogP contribution is 2.21. The molecule has 4 aromatic heterocycles. The number of rotatable bonds is 6. The van der Waals surface area contributed by atoms with Crippen molar-refractivity contribution in [2.45, 2.75) is 13.2 Å². The minimum atomic E-state index is -2.94. The number of H-pyrrole nitrogens is 2. The Kier molecular flexibility index (Phi) is 4.00. The maximum atomic E-state index is 12.3. The zero-order chi connectivity index (χ0) is 19.8. The van der Waals surface area contributed by atoms with E-state index in [2.05, 4.69) is 45.5 Å². The number of aromatic amines is 2. The van der Waals surface area contributed by atoms with Gasteiger partial charge in [0, 0.05) is 11.5 Å². The first-order chi connectivity index (χ1) is 14.2. The quantitative estimate of drug-likeness (QED) is 0.403. The summed E-state index contributed by atoms with van der Waals surface area (Å²) in [7, 11) is 0. The largest absolute Gasteiger partial charge is 0.417 e. The van der Waals surface area contributed by atoms with Crippen LogP contribution in [-0.2, 0) is 6.54 Å². The lowest BCUT2D eigenvalue weighted by atomic mass is 10.1. The number of hydrogen-bond acceptors (Lipinski definition) is 7. The summed E-state index contributed by atoms with van der Waals surface area (Å²) in [6.07, 6.45) is 4.91. The van der Waals surface area contributed by atoms with Gasteiger partial charge in [0.05, 0.1) is 30.7 Å². The molecular weight excluding hydrogens is 384 g/mol. The van der Waals surface area contributed by atoms with Crippen LogP contribution in [0.5, 0.6) is 5.88 Å². The molecule has 0 aliphatic carbocycles. The van der Waals surface area contributed by atoms with Gasteiger partial charge in [-0.25, -0.2) is 19.7 Å². The maximum Gasteiger partial charge on any atom is 0.388 e. The first-order valence-electron chi connectivity index (χ1n) is 8.52. The molecule has 0 aliphatic rings. The minimum Gasteiger partial charge on any atom is -0.417 e. The molecule has 12 heteroatoms. The number of nitrogens with zero attached hydrogens (tertiary/aromatic N) is 6. The Hall–Kier alpha value is -4.09. The molecule has 3 N–H and O–H groups in total. The average molecular weight is 397 g/mol. The van der Waals surface area contributed by atoms with E-state index >= 15 is 0 Å². The van der Waals surface area contributed by atoms with Gasteiger partial charge in [-0.2, -0.15) is 24.1 Å². The highest BCUT2D eigenvalue weighted by molar-refractivity contribution is 5.81. The Morgan fingerprint density at radius 1 is 1.14 bits per heavy atom. The topological polar surface area (TPSA) is 122 Å². The van der Waals surface area contributed by atoms with E-state index in [1.807, 2.05) is 18.2 Å². The number of halogens is 2. The third kappa shape index (κ3) is 3.31. The average Bonchev–Trinajstić information content (AvgIpc) is 3.42. The third-order valence-electron chi connectivity index (χ3n) is 4.27. The van der Waals surface area contributed by atoms with Crippen molar-refractivity contribution in [1.82, 2.24) is 40.1 Å². The van der Waals surface area contributed by atoms with Crippen LogP contribution in [0.3, 0.4) is 0 Å². The molecule has 5 aromatic rings. The van der Waals surface area contributed by atoms with Gasteiger partial charge in [-0.1, -0.05) is 12.1 Å². The number of anilines is 2. The van der Waals surface area contributed by atoms with Gasteiger partial charge in [0.2, 0.25) is 5.88 Å². The molecule has 0 radical (unpaired) electrons. The summed E-state index contributed by atoms with van der Waals surface area (Å²) in [5.74, 6) is 0.495. The monoisotopic (exact) mass is 397 g/mol. The van der Waals surface area contributed by atoms with Crippen molar-refractivity contribution >= 4 is 33.7 Å². The van der Waals surface area contributed by atoms with Crippen molar-refractivity contribution in [3.63, 3.8) is 0 Å². The second kappa shape index (κ2) is 6.82. The molecule has 0 fully saturated rings. The van der Waals surface area contributed by atoms with Crippen molar-refractivity contribution in [2.24, 2.45) is 0 Å². The lowest BCUT2D eigenvalue weighted by molar-refractivity contribution is -0.0528. The summed E-state index contributed by atoms with van der Waals surface area (Å²) >= 11 is 0. The third-order valence-corrected chi connectivity index (χ3v) is 4.27. The standard InChI is InChI=1S/C17H13F2N9O/c18-17(19)29-15-4-13(26-27-15)23-14-7-20-12-6-22-28(16(12)24-14)8-9-2-1-3-11-10(9)5-21-25-11/h1-7,17H,8H2,(H,21,25)(H2,23,24,26,27). The summed E-state index contributed by atoms with van der Waals surface area (Å²) < 4.78 is 30.5. The number of fused-ring (bicyclic) bond motifs is 2. The molecule has 29 heavy (non-hydrogen) atoms. The van der Waals surface area contributed by atoms with Gasteiger partial charge in [0.15, 0.2) is 17.3 Å². The van der Waals surface area contributed by atoms with E-state index in [0.717, 1.165) is 16.5 Å². The predicted octanol–water partition coefficient (Wildman–Crippen LogP) is 2.82. The fourth-order valence-corrected chi connectivity index (χ4v) is 3.01. The lowest BCUT2D eigenvalue weighted by Crippen LogP contribution is -2.04. The Balaban J connectivity index is 1.43. The van der Waals surface area contributed by atoms with Crippen LogP contribution in [0, 0.1) is 0 Å². The number of alkyl halides is 2. The molecule has 0 bridgehead atoms. The van der Waals surface area contributed by atoms with Crippen molar-refractivity contribution in [1.29, 1.82) is 0 Å². The van der Waals surface area contributed by atoms with E-state index in [1.54, 1.807) is 17.1 Å². The number of nitrogens with one attached hydrogen (secondary N) is 3. The zero-order valence-electron chi connectivity index (χ0n) is 14.7. The Bertz CT molecular complexity index is 1290. The molecule has 146 valence electrons. The van der Waals surface area contributed by atoms with Gasteiger partial charge in [-0.3, -0.25) is 5.10 Å². The number of hydrogen-bond donors (Lipinski definition) is 3. The molecule has 4 heterocycles. The summed E-state index contributed by atoms with van der Waals surface area (Å²) in [6, 6.07) is 7.19. The van der Waals surface area contributed by atoms with Crippen LogP contribution in [-0.4, -0.2) is 46.8 Å². The molecule has 0 aliphatic heterocycles. The summed E-state index contributed by atoms with van der Waals surface area (Å²) in [5, 5.41) is 21.5. The predicted molar refractivity (Wildman–Crippen MR) is 99.0 cm³/mol. The first-order valence-corrected chi connectivity index (χ1v) is 8.52. The number of ether oxygens (including phenoxy) is 1. The van der Waals surface area contributed by atoms with Crippen molar-refractivity contribution < 1.29 is 13.5 Å². The van der Waals surface area contributed by atoms with Gasteiger partial charge in [0.1, 0.15) is 5.52 Å². The summed E-state index contributed by atoms with van der Waals surface area (Å²) in [5.41, 5.74) is 3.16. The van der Waals surface area contributed by atoms with E-state index < -0.39 is 6.61 Å². The van der Waals surface area contributed by atoms with Crippen LogP contribution >= 0.6 is 0 Å². The fraction of sp³-hybridized carbons (Fsp3) is 0.118. The zero-order valence-corrected chi connectivity index (χ0v) is 14.7. The van der Waals surface area contributed by atoms with E-state index in [1.165, 1.54) is 12.3 Å². The van der Waals surface area contributed by atoms with Crippen LogP contribution in [0.15, 0.2) is 42.9 Å². The van der Waals surface area contributed by atoms with E-state index in [-0.39, 0.29) is 11.7 Å². The second-order valence-corrected chi connectivity index (χ2v) is 6.14. The molecule has 0 spiro atoms. The minimum absolute atomic E-state index is 0.158. The summed E-state index contributed by atoms with van der Waals surface area (Å²) in [4.78, 5) is 8.86. The number of aromatic nitrogens is 8. The van der Waals surface area contributed by atoms with Gasteiger partial charge in [0.25, 0.3) is 0 Å². The molecule has 1 aromatic carbocycles. The molecule has 10 nitrogen and oxygen atoms in total. The van der Waals surface area contributed by atoms with Crippen LogP contribution in [0.25, 0.3) is 22.1 Å². The molecular formula is C17H13F2N9O. The highest BCUT2D eigenvalue weighted by atomic mass is 19.3. The molecule has 0 saturated heterocycles. The molecule has 0 unspecified atom stereocenters. The summed E-state index contributed by atoms with van der Waals surface area (Å²) in [6.45, 7) is -2.46. The smallest absolute Gasteiger partial charge is 0.388 e. The van der Waals surface area contributed by atoms with Gasteiger partial charge >= 0.3 is 6.61 Å². The van der Waals surface area contributed by atoms with E-state index in [4.69, 9.17) is 0 Å². The van der Waals surface area contributed by atoms with Crippen molar-refractivity contribution in [3.05, 3.63) is 48.4 Å². The van der Waals surface area contributed by atoms with Crippen LogP contribution in [0.2, 0.25) is 0 Å². The van der Waals surface area contributed by atoms with Gasteiger partial charge in [-0.05, 0) is 11.6 Å². The normalized spacial score (nSPS) is 11.6.